The summed E-state index contributed by atoms with van der Waals surface area (Å²) in [5, 5.41) is 37.8. The number of esters is 1. The molecule has 126 valence electrons. The van der Waals surface area contributed by atoms with E-state index >= 15 is 0 Å². The lowest BCUT2D eigenvalue weighted by Gasteiger charge is -2.35. The maximum Gasteiger partial charge on any atom is 0.313 e. The van der Waals surface area contributed by atoms with Crippen molar-refractivity contribution in [3.63, 3.8) is 0 Å². The Morgan fingerprint density at radius 2 is 2.04 bits per heavy atom. The number of carbonyl (C=O) groups excluding carboxylic acids is 1. The van der Waals surface area contributed by atoms with Gasteiger partial charge >= 0.3 is 5.97 Å². The second-order valence-electron chi connectivity index (χ2n) is 6.15. The van der Waals surface area contributed by atoms with E-state index < -0.39 is 40.1 Å². The minimum Gasteiger partial charge on any atom is -0.470 e. The normalized spacial score (nSPS) is 34.4. The molecule has 0 amide bonds. The van der Waals surface area contributed by atoms with E-state index in [2.05, 4.69) is 0 Å². The van der Waals surface area contributed by atoms with E-state index in [1.807, 2.05) is 18.2 Å². The molecule has 2 aliphatic rings. The molecule has 1 aromatic heterocycles. The summed E-state index contributed by atoms with van der Waals surface area (Å²) in [5.74, 6) is -3.18. The van der Waals surface area contributed by atoms with Gasteiger partial charge in [-0.3, -0.25) is 10.2 Å². The molecule has 0 aromatic carbocycles. The topological polar surface area (TPSA) is 144 Å². The maximum absolute atomic E-state index is 12.7. The summed E-state index contributed by atoms with van der Waals surface area (Å²) in [6.45, 7) is 3.11. The van der Waals surface area contributed by atoms with Gasteiger partial charge in [-0.1, -0.05) is 0 Å². The third kappa shape index (κ3) is 1.53. The highest BCUT2D eigenvalue weighted by atomic mass is 16.5. The molecule has 1 N–H and O–H groups in total. The van der Waals surface area contributed by atoms with Crippen LogP contribution in [-0.2, 0) is 14.3 Å². The molecule has 1 aliphatic heterocycles. The van der Waals surface area contributed by atoms with Gasteiger partial charge in [-0.2, -0.15) is 15.8 Å². The van der Waals surface area contributed by atoms with Crippen LogP contribution in [0.5, 0.6) is 0 Å². The largest absolute Gasteiger partial charge is 0.470 e. The molecular weight excluding hydrogens is 324 g/mol. The zero-order valence-corrected chi connectivity index (χ0v) is 13.6. The maximum atomic E-state index is 12.7. The average Bonchev–Trinajstić information content (AvgIpc) is 3.21. The smallest absolute Gasteiger partial charge is 0.313 e. The van der Waals surface area contributed by atoms with Gasteiger partial charge < -0.3 is 13.9 Å². The first-order valence-electron chi connectivity index (χ1n) is 7.62. The number of ether oxygens (including phenoxy) is 2. The van der Waals surface area contributed by atoms with Crippen LogP contribution in [0.2, 0.25) is 0 Å². The Bertz CT molecular complexity index is 858. The first kappa shape index (κ1) is 16.5. The van der Waals surface area contributed by atoms with E-state index in [9.17, 15) is 20.6 Å². The second-order valence-corrected chi connectivity index (χ2v) is 6.15. The molecule has 3 rings (SSSR count). The summed E-state index contributed by atoms with van der Waals surface area (Å²) in [6, 6.07) is 8.80. The van der Waals surface area contributed by atoms with Crippen LogP contribution in [0.15, 0.2) is 22.8 Å². The third-order valence-electron chi connectivity index (χ3n) is 5.30. The Labute approximate surface area is 143 Å². The zero-order valence-electron chi connectivity index (χ0n) is 13.6. The van der Waals surface area contributed by atoms with Crippen molar-refractivity contribution in [2.45, 2.75) is 25.4 Å². The van der Waals surface area contributed by atoms with E-state index in [1.165, 1.54) is 13.2 Å². The Hall–Kier alpha value is -3.31. The number of nitrogens with one attached hydrogen (secondary N) is 1. The molecule has 2 heterocycles. The van der Waals surface area contributed by atoms with Gasteiger partial charge in [0, 0.05) is 0 Å². The Kier molecular flexibility index (Phi) is 3.37. The van der Waals surface area contributed by atoms with Crippen LogP contribution in [0, 0.1) is 56.2 Å². The number of furan rings is 1. The van der Waals surface area contributed by atoms with Gasteiger partial charge in [-0.25, -0.2) is 0 Å². The van der Waals surface area contributed by atoms with E-state index in [-0.39, 0.29) is 12.4 Å². The lowest BCUT2D eigenvalue weighted by Crippen LogP contribution is -2.48. The fraction of sp³-hybridized carbons (Fsp3) is 0.471. The van der Waals surface area contributed by atoms with E-state index in [4.69, 9.17) is 19.3 Å². The molecule has 1 aliphatic carbocycles. The van der Waals surface area contributed by atoms with Crippen LogP contribution in [0.4, 0.5) is 0 Å². The van der Waals surface area contributed by atoms with Gasteiger partial charge in [-0.05, 0) is 26.0 Å². The molecule has 8 heteroatoms. The molecule has 0 radical (unpaired) electrons. The summed E-state index contributed by atoms with van der Waals surface area (Å²) in [5.41, 5.74) is -5.74. The van der Waals surface area contributed by atoms with E-state index in [0.717, 1.165) is 0 Å². The molecule has 2 fully saturated rings. The lowest BCUT2D eigenvalue weighted by molar-refractivity contribution is -0.157. The highest BCUT2D eigenvalue weighted by molar-refractivity contribution is 5.96. The Morgan fingerprint density at radius 3 is 2.52 bits per heavy atom. The molecule has 8 nitrogen and oxygen atoms in total. The summed E-state index contributed by atoms with van der Waals surface area (Å²) in [6.07, 6.45) is 1.36. The number of fused-ring (bicyclic) bond motifs is 2. The molecule has 1 aromatic rings. The first-order chi connectivity index (χ1) is 11.9. The number of nitrogens with zero attached hydrogens (tertiary/aromatic N) is 3. The SMILES string of the molecule is CCOC(=O)[C@@H]1[C@H](c2ccco2)[C@]2(C#N)C(=N)O[C@]1(C)C2(C#N)C#N. The van der Waals surface area contributed by atoms with Crippen molar-refractivity contribution >= 4 is 11.9 Å². The molecule has 25 heavy (non-hydrogen) atoms. The van der Waals surface area contributed by atoms with Crippen LogP contribution < -0.4 is 0 Å². The fourth-order valence-electron chi connectivity index (χ4n) is 4.24. The molecule has 2 bridgehead atoms. The highest BCUT2D eigenvalue weighted by Crippen LogP contribution is 2.73. The molecule has 4 atom stereocenters. The molecule has 1 saturated heterocycles. The molecule has 1 saturated carbocycles. The monoisotopic (exact) mass is 338 g/mol. The second kappa shape index (κ2) is 5.09. The number of rotatable bonds is 3. The van der Waals surface area contributed by atoms with Crippen molar-refractivity contribution in [3.8, 4) is 18.2 Å². The van der Waals surface area contributed by atoms with Crippen molar-refractivity contribution < 1.29 is 18.7 Å². The van der Waals surface area contributed by atoms with E-state index in [0.29, 0.717) is 0 Å². The number of hydrogen-bond donors (Lipinski definition) is 1. The summed E-state index contributed by atoms with van der Waals surface area (Å²) >= 11 is 0. The summed E-state index contributed by atoms with van der Waals surface area (Å²) in [4.78, 5) is 12.7. The van der Waals surface area contributed by atoms with Crippen molar-refractivity contribution in [2.75, 3.05) is 6.61 Å². The average molecular weight is 338 g/mol. The van der Waals surface area contributed by atoms with Crippen LogP contribution in [0.25, 0.3) is 0 Å². The van der Waals surface area contributed by atoms with Crippen molar-refractivity contribution in [2.24, 2.45) is 16.7 Å². The number of carbonyl (C=O) groups is 1. The van der Waals surface area contributed by atoms with Crippen LogP contribution >= 0.6 is 0 Å². The van der Waals surface area contributed by atoms with Crippen LogP contribution in [0.1, 0.15) is 25.5 Å². The predicted octanol–water partition coefficient (Wildman–Crippen LogP) is 1.87. The minimum absolute atomic E-state index is 0.0827. The predicted molar refractivity (Wildman–Crippen MR) is 80.5 cm³/mol. The van der Waals surface area contributed by atoms with Gasteiger partial charge in [0.1, 0.15) is 11.7 Å². The van der Waals surface area contributed by atoms with Gasteiger partial charge in [0.25, 0.3) is 0 Å². The van der Waals surface area contributed by atoms with Crippen molar-refractivity contribution in [1.29, 1.82) is 21.2 Å². The standard InChI is InChI=1S/C17H14N4O4/c1-3-23-13(22)12-11(10-5-4-6-24-10)17(9-20)14(21)25-15(12,2)16(17,7-18)8-19/h4-6,11-12,21H,3H2,1-2H3/t11-,12-,15-,17+/m0/s1. The molecule has 0 spiro atoms. The highest BCUT2D eigenvalue weighted by Gasteiger charge is 2.88. The summed E-state index contributed by atoms with van der Waals surface area (Å²) in [7, 11) is 0. The fourth-order valence-corrected chi connectivity index (χ4v) is 4.24. The van der Waals surface area contributed by atoms with Gasteiger partial charge in [0.15, 0.2) is 11.0 Å². The van der Waals surface area contributed by atoms with Gasteiger partial charge in [0.05, 0.1) is 37.0 Å². The number of nitriles is 3. The summed E-state index contributed by atoms with van der Waals surface area (Å²) < 4.78 is 16.0. The van der Waals surface area contributed by atoms with Crippen molar-refractivity contribution in [3.05, 3.63) is 24.2 Å². The van der Waals surface area contributed by atoms with Crippen molar-refractivity contribution in [1.82, 2.24) is 0 Å². The number of hydrogen-bond acceptors (Lipinski definition) is 8. The third-order valence-corrected chi connectivity index (χ3v) is 5.30. The van der Waals surface area contributed by atoms with Crippen LogP contribution in [0.3, 0.4) is 0 Å². The Balaban J connectivity index is 2.38. The molecular formula is C17H14N4O4. The quantitative estimate of drug-likeness (QED) is 0.828. The van der Waals surface area contributed by atoms with Gasteiger partial charge in [-0.15, -0.1) is 0 Å². The van der Waals surface area contributed by atoms with Crippen LogP contribution in [-0.4, -0.2) is 24.1 Å². The lowest BCUT2D eigenvalue weighted by atomic mass is 9.62. The Morgan fingerprint density at radius 1 is 1.36 bits per heavy atom. The van der Waals surface area contributed by atoms with E-state index in [1.54, 1.807) is 19.1 Å². The zero-order chi connectivity index (χ0) is 18.5. The first-order valence-corrected chi connectivity index (χ1v) is 7.62. The van der Waals surface area contributed by atoms with Gasteiger partial charge in [0.2, 0.25) is 11.3 Å². The molecule has 0 unspecified atom stereocenters. The minimum atomic E-state index is -2.05.